The molecule has 0 spiro atoms. The number of rotatable bonds is 39. The van der Waals surface area contributed by atoms with Crippen LogP contribution < -0.4 is 10.1 Å². The Labute approximate surface area is 358 Å². The zero-order valence-electron chi connectivity index (χ0n) is 37.8. The highest BCUT2D eigenvalue weighted by molar-refractivity contribution is 5.88. The lowest BCUT2D eigenvalue weighted by atomic mass is 10.0. The third-order valence-electron chi connectivity index (χ3n) is 10.6. The number of carbonyl (C=O) groups excluding carboxylic acids is 5. The van der Waals surface area contributed by atoms with Crippen molar-refractivity contribution in [3.63, 3.8) is 0 Å². The van der Waals surface area contributed by atoms with E-state index in [2.05, 4.69) is 19.2 Å². The summed E-state index contributed by atoms with van der Waals surface area (Å²) in [4.78, 5) is 61.9. The Kier molecular flexibility index (Phi) is 34.1. The van der Waals surface area contributed by atoms with Crippen molar-refractivity contribution in [1.82, 2.24) is 0 Å². The molecule has 0 aliphatic rings. The number of amides is 1. The fourth-order valence-corrected chi connectivity index (χ4v) is 7.06. The van der Waals surface area contributed by atoms with Crippen LogP contribution in [-0.2, 0) is 38.2 Å². The standard InChI is InChI=1S/C49H83NO9/c1-5-7-9-11-13-15-17-19-21-23-25-27-29-31-46(52)56-39-45(40-57-47(53)32-30-28-26-24-22-20-18-16-14-12-10-8-6-2)59-49(55)38-41(3)37-48(54)58-44-35-33-43(34-36-44)50-42(4)51/h33-36,41,45H,5-32,37-40H2,1-4H3,(H,50,51). The second-order valence-electron chi connectivity index (χ2n) is 16.7. The van der Waals surface area contributed by atoms with E-state index in [1.54, 1.807) is 31.2 Å². The van der Waals surface area contributed by atoms with Crippen LogP contribution in [0.25, 0.3) is 0 Å². The van der Waals surface area contributed by atoms with E-state index in [1.165, 1.54) is 135 Å². The van der Waals surface area contributed by atoms with Crippen LogP contribution >= 0.6 is 0 Å². The number of carbonyl (C=O) groups is 5. The van der Waals surface area contributed by atoms with Gasteiger partial charge in [-0.25, -0.2) is 0 Å². The largest absolute Gasteiger partial charge is 0.462 e. The van der Waals surface area contributed by atoms with Gasteiger partial charge < -0.3 is 24.3 Å². The molecule has 1 unspecified atom stereocenters. The first kappa shape index (κ1) is 53.6. The summed E-state index contributed by atoms with van der Waals surface area (Å²) in [6, 6.07) is 6.41. The molecule has 59 heavy (non-hydrogen) atoms. The SMILES string of the molecule is CCCCCCCCCCCCCCCC(=O)OCC(COC(=O)CCCCCCCCCCCCCCC)OC(=O)CC(C)CC(=O)Oc1ccc(NC(C)=O)cc1. The van der Waals surface area contributed by atoms with Crippen molar-refractivity contribution >= 4 is 35.5 Å². The van der Waals surface area contributed by atoms with Gasteiger partial charge in [-0.1, -0.05) is 175 Å². The van der Waals surface area contributed by atoms with E-state index in [9.17, 15) is 24.0 Å². The van der Waals surface area contributed by atoms with Gasteiger partial charge in [-0.05, 0) is 43.0 Å². The lowest BCUT2D eigenvalue weighted by molar-refractivity contribution is -0.167. The lowest BCUT2D eigenvalue weighted by Gasteiger charge is -2.19. The normalized spacial score (nSPS) is 11.6. The van der Waals surface area contributed by atoms with Crippen molar-refractivity contribution in [2.45, 2.75) is 226 Å². The molecule has 1 atom stereocenters. The summed E-state index contributed by atoms with van der Waals surface area (Å²) in [6.45, 7) is 7.22. The first-order chi connectivity index (χ1) is 28.6. The number of nitrogens with one attached hydrogen (secondary N) is 1. The van der Waals surface area contributed by atoms with Crippen molar-refractivity contribution in [3.8, 4) is 5.75 Å². The lowest BCUT2D eigenvalue weighted by Crippen LogP contribution is -2.31. The molecule has 0 heterocycles. The highest BCUT2D eigenvalue weighted by Gasteiger charge is 2.22. The minimum atomic E-state index is -0.949. The molecule has 338 valence electrons. The predicted molar refractivity (Wildman–Crippen MR) is 237 cm³/mol. The number of anilines is 1. The van der Waals surface area contributed by atoms with Crippen LogP contribution in [0.1, 0.15) is 220 Å². The van der Waals surface area contributed by atoms with Gasteiger partial charge in [0.15, 0.2) is 6.10 Å². The summed E-state index contributed by atoms with van der Waals surface area (Å²) >= 11 is 0. The highest BCUT2D eigenvalue weighted by atomic mass is 16.6. The van der Waals surface area contributed by atoms with Gasteiger partial charge in [0.25, 0.3) is 0 Å². The van der Waals surface area contributed by atoms with Gasteiger partial charge in [0.2, 0.25) is 5.91 Å². The molecule has 1 rings (SSSR count). The summed E-state index contributed by atoms with van der Waals surface area (Å²) in [7, 11) is 0. The molecule has 0 saturated carbocycles. The van der Waals surface area contributed by atoms with Crippen LogP contribution in [0.3, 0.4) is 0 Å². The number of ether oxygens (including phenoxy) is 4. The van der Waals surface area contributed by atoms with E-state index < -0.39 is 24.0 Å². The number of benzene rings is 1. The van der Waals surface area contributed by atoms with Crippen LogP contribution in [0.2, 0.25) is 0 Å². The summed E-state index contributed by atoms with van der Waals surface area (Å²) in [5.74, 6) is -2.12. The van der Waals surface area contributed by atoms with Crippen molar-refractivity contribution in [1.29, 1.82) is 0 Å². The first-order valence-corrected chi connectivity index (χ1v) is 23.7. The minimum Gasteiger partial charge on any atom is -0.462 e. The van der Waals surface area contributed by atoms with Crippen LogP contribution in [0.4, 0.5) is 5.69 Å². The monoisotopic (exact) mass is 830 g/mol. The summed E-state index contributed by atoms with van der Waals surface area (Å²) in [6.07, 6.45) is 31.1. The molecule has 0 aromatic heterocycles. The maximum Gasteiger partial charge on any atom is 0.311 e. The quantitative estimate of drug-likeness (QED) is 0.0298. The molecule has 10 heteroatoms. The van der Waals surface area contributed by atoms with Crippen LogP contribution in [-0.4, -0.2) is 49.1 Å². The van der Waals surface area contributed by atoms with Crippen molar-refractivity contribution in [3.05, 3.63) is 24.3 Å². The third-order valence-corrected chi connectivity index (χ3v) is 10.6. The van der Waals surface area contributed by atoms with Gasteiger partial charge in [-0.15, -0.1) is 0 Å². The summed E-state index contributed by atoms with van der Waals surface area (Å²) in [5, 5.41) is 2.65. The first-order valence-electron chi connectivity index (χ1n) is 23.7. The molecule has 1 aromatic carbocycles. The van der Waals surface area contributed by atoms with Gasteiger partial charge in [-0.3, -0.25) is 24.0 Å². The van der Waals surface area contributed by atoms with E-state index in [4.69, 9.17) is 18.9 Å². The highest BCUT2D eigenvalue weighted by Crippen LogP contribution is 2.19. The third kappa shape index (κ3) is 34.0. The maximum absolute atomic E-state index is 12.9. The summed E-state index contributed by atoms with van der Waals surface area (Å²) < 4.78 is 22.0. The molecule has 1 N–H and O–H groups in total. The number of hydrogen-bond donors (Lipinski definition) is 1. The molecule has 0 fully saturated rings. The average molecular weight is 830 g/mol. The molecule has 0 bridgehead atoms. The van der Waals surface area contributed by atoms with E-state index in [1.807, 2.05) is 0 Å². The molecule has 0 aliphatic heterocycles. The molecule has 1 aromatic rings. The number of esters is 4. The van der Waals surface area contributed by atoms with E-state index in [0.29, 0.717) is 11.4 Å². The van der Waals surface area contributed by atoms with Crippen molar-refractivity contribution in [2.75, 3.05) is 18.5 Å². The van der Waals surface area contributed by atoms with E-state index in [0.717, 1.165) is 38.5 Å². The Morgan fingerprint density at radius 3 is 1.22 bits per heavy atom. The number of unbranched alkanes of at least 4 members (excludes halogenated alkanes) is 24. The molecule has 0 radical (unpaired) electrons. The smallest absolute Gasteiger partial charge is 0.311 e. The molecule has 10 nitrogen and oxygen atoms in total. The number of hydrogen-bond acceptors (Lipinski definition) is 9. The van der Waals surface area contributed by atoms with Crippen molar-refractivity contribution in [2.24, 2.45) is 5.92 Å². The second-order valence-corrected chi connectivity index (χ2v) is 16.7. The van der Waals surface area contributed by atoms with Crippen LogP contribution in [0.15, 0.2) is 24.3 Å². The molecular weight excluding hydrogens is 747 g/mol. The van der Waals surface area contributed by atoms with Crippen LogP contribution in [0, 0.1) is 5.92 Å². The molecule has 0 aliphatic carbocycles. The van der Waals surface area contributed by atoms with Gasteiger partial charge in [-0.2, -0.15) is 0 Å². The van der Waals surface area contributed by atoms with Crippen molar-refractivity contribution < 1.29 is 42.9 Å². The second kappa shape index (κ2) is 37.6. The van der Waals surface area contributed by atoms with Gasteiger partial charge >= 0.3 is 23.9 Å². The minimum absolute atomic E-state index is 0.0323. The Morgan fingerprint density at radius 1 is 0.492 bits per heavy atom. The Morgan fingerprint density at radius 2 is 0.847 bits per heavy atom. The zero-order valence-corrected chi connectivity index (χ0v) is 37.8. The fraction of sp³-hybridized carbons (Fsp3) is 0.776. The Hall–Kier alpha value is -3.43. The molecule has 1 amide bonds. The molecule has 0 saturated heterocycles. The Balaban J connectivity index is 2.45. The van der Waals surface area contributed by atoms with Gasteiger partial charge in [0, 0.05) is 38.3 Å². The predicted octanol–water partition coefficient (Wildman–Crippen LogP) is 12.9. The van der Waals surface area contributed by atoms with E-state index >= 15 is 0 Å². The zero-order chi connectivity index (χ0) is 43.2. The topological polar surface area (TPSA) is 134 Å². The summed E-state index contributed by atoms with van der Waals surface area (Å²) in [5.41, 5.74) is 0.582. The Bertz CT molecular complexity index is 1190. The fourth-order valence-electron chi connectivity index (χ4n) is 7.06. The average Bonchev–Trinajstić information content (AvgIpc) is 3.19. The van der Waals surface area contributed by atoms with Gasteiger partial charge in [0.05, 0.1) is 0 Å². The van der Waals surface area contributed by atoms with Crippen LogP contribution in [0.5, 0.6) is 5.75 Å². The molecular formula is C49H83NO9. The maximum atomic E-state index is 12.9. The van der Waals surface area contributed by atoms with Gasteiger partial charge in [0.1, 0.15) is 19.0 Å². The van der Waals surface area contributed by atoms with E-state index in [-0.39, 0.29) is 56.7 Å².